The highest BCUT2D eigenvalue weighted by Crippen LogP contribution is 2.27. The lowest BCUT2D eigenvalue weighted by Gasteiger charge is -2.34. The molecule has 198 valence electrons. The highest BCUT2D eigenvalue weighted by Gasteiger charge is 2.30. The number of aromatic nitrogens is 3. The Morgan fingerprint density at radius 2 is 1.92 bits per heavy atom. The molecule has 11 heteroatoms. The number of ether oxygens (including phenoxy) is 1. The van der Waals surface area contributed by atoms with Crippen LogP contribution in [-0.4, -0.2) is 73.8 Å². The lowest BCUT2D eigenvalue weighted by atomic mass is 10.00. The quantitative estimate of drug-likeness (QED) is 0.515. The fourth-order valence-corrected chi connectivity index (χ4v) is 4.30. The second-order valence-corrected chi connectivity index (χ2v) is 9.95. The number of nitrogens with zero attached hydrogens (tertiary/aromatic N) is 6. The number of pyridine rings is 1. The van der Waals surface area contributed by atoms with Gasteiger partial charge in [0.15, 0.2) is 0 Å². The third kappa shape index (κ3) is 5.75. The minimum Gasteiger partial charge on any atom is -0.477 e. The van der Waals surface area contributed by atoms with Crippen molar-refractivity contribution in [2.75, 3.05) is 26.2 Å². The first-order chi connectivity index (χ1) is 18.1. The first-order valence-electron chi connectivity index (χ1n) is 12.4. The summed E-state index contributed by atoms with van der Waals surface area (Å²) < 4.78 is 10.8. The predicted octanol–water partition coefficient (Wildman–Crippen LogP) is 3.77. The number of fused-ring (bicyclic) bond motifs is 1. The summed E-state index contributed by atoms with van der Waals surface area (Å²) in [7, 11) is 0. The molecule has 0 saturated heterocycles. The van der Waals surface area contributed by atoms with E-state index < -0.39 is 11.6 Å². The molecule has 0 saturated carbocycles. The molecule has 4 rings (SSSR count). The molecule has 0 radical (unpaired) electrons. The predicted molar refractivity (Wildman–Crippen MR) is 137 cm³/mol. The standard InChI is InChI=1S/C27H30N6O5/c1-5-37-24-20(14-28)13-21(15-29-24)25-30-23(31-38-25)19-7-6-17-8-10-32(11-9-18(17)12-19)22(34)16-33(26(35)36)27(2,3)4/h6-7,12-13,15H,5,8-11,16H2,1-4H3,(H,35,36). The molecule has 11 nitrogen and oxygen atoms in total. The number of nitriles is 1. The van der Waals surface area contributed by atoms with Gasteiger partial charge in [-0.25, -0.2) is 9.78 Å². The lowest BCUT2D eigenvalue weighted by molar-refractivity contribution is -0.133. The van der Waals surface area contributed by atoms with Gasteiger partial charge in [-0.15, -0.1) is 0 Å². The van der Waals surface area contributed by atoms with E-state index in [9.17, 15) is 20.0 Å². The molecule has 1 aliphatic rings. The normalized spacial score (nSPS) is 13.3. The fourth-order valence-electron chi connectivity index (χ4n) is 4.30. The molecule has 2 amide bonds. The average Bonchev–Trinajstić information content (AvgIpc) is 3.27. The number of carbonyl (C=O) groups excluding carboxylic acids is 1. The van der Waals surface area contributed by atoms with Crippen molar-refractivity contribution in [3.8, 4) is 34.8 Å². The molecule has 0 unspecified atom stereocenters. The number of benzene rings is 1. The Kier molecular flexibility index (Phi) is 7.62. The Morgan fingerprint density at radius 3 is 2.58 bits per heavy atom. The SMILES string of the molecule is CCOc1ncc(-c2nc(-c3ccc4c(c3)CCN(C(=O)CN(C(=O)O)C(C)(C)C)CC4)no2)cc1C#N. The third-order valence-electron chi connectivity index (χ3n) is 6.38. The van der Waals surface area contributed by atoms with Crippen LogP contribution in [0.3, 0.4) is 0 Å². The van der Waals surface area contributed by atoms with Crippen molar-refractivity contribution in [3.63, 3.8) is 0 Å². The molecule has 1 aromatic carbocycles. The summed E-state index contributed by atoms with van der Waals surface area (Å²) in [5.41, 5.74) is 3.08. The Labute approximate surface area is 220 Å². The van der Waals surface area contributed by atoms with E-state index >= 15 is 0 Å². The number of hydrogen-bond acceptors (Lipinski definition) is 8. The first-order valence-corrected chi connectivity index (χ1v) is 12.4. The van der Waals surface area contributed by atoms with Gasteiger partial charge in [0.25, 0.3) is 5.89 Å². The van der Waals surface area contributed by atoms with Crippen LogP contribution in [0.15, 0.2) is 35.0 Å². The largest absolute Gasteiger partial charge is 0.477 e. The van der Waals surface area contributed by atoms with Crippen LogP contribution < -0.4 is 4.74 Å². The van der Waals surface area contributed by atoms with E-state index in [1.807, 2.05) is 25.1 Å². The number of carboxylic acid groups (broad SMARTS) is 1. The molecule has 38 heavy (non-hydrogen) atoms. The Balaban J connectivity index is 1.49. The summed E-state index contributed by atoms with van der Waals surface area (Å²) in [6, 6.07) is 9.57. The molecule has 0 spiro atoms. The highest BCUT2D eigenvalue weighted by molar-refractivity contribution is 5.82. The van der Waals surface area contributed by atoms with Crippen molar-refractivity contribution in [2.45, 2.75) is 46.1 Å². The number of rotatable bonds is 6. The Bertz CT molecular complexity index is 1390. The number of carbonyl (C=O) groups is 2. The topological polar surface area (TPSA) is 146 Å². The van der Waals surface area contributed by atoms with Gasteiger partial charge in [-0.2, -0.15) is 10.2 Å². The Morgan fingerprint density at radius 1 is 1.18 bits per heavy atom. The molecule has 0 aliphatic carbocycles. The second-order valence-electron chi connectivity index (χ2n) is 9.95. The fraction of sp³-hybridized carbons (Fsp3) is 0.407. The summed E-state index contributed by atoms with van der Waals surface area (Å²) in [5.74, 6) is 0.681. The molecule has 1 aliphatic heterocycles. The van der Waals surface area contributed by atoms with Gasteiger partial charge in [-0.1, -0.05) is 17.3 Å². The van der Waals surface area contributed by atoms with Gasteiger partial charge < -0.3 is 19.3 Å². The van der Waals surface area contributed by atoms with Crippen LogP contribution in [0, 0.1) is 11.3 Å². The maximum Gasteiger partial charge on any atom is 0.408 e. The highest BCUT2D eigenvalue weighted by atomic mass is 16.5. The van der Waals surface area contributed by atoms with Crippen molar-refractivity contribution in [2.24, 2.45) is 0 Å². The van der Waals surface area contributed by atoms with Crippen molar-refractivity contribution >= 4 is 12.0 Å². The maximum atomic E-state index is 12.9. The van der Waals surface area contributed by atoms with E-state index in [0.29, 0.717) is 43.9 Å². The zero-order valence-electron chi connectivity index (χ0n) is 21.9. The van der Waals surface area contributed by atoms with Crippen molar-refractivity contribution in [1.29, 1.82) is 5.26 Å². The van der Waals surface area contributed by atoms with E-state index in [2.05, 4.69) is 21.2 Å². The van der Waals surface area contributed by atoms with Gasteiger partial charge in [-0.05, 0) is 63.8 Å². The van der Waals surface area contributed by atoms with Crippen LogP contribution in [0.5, 0.6) is 5.88 Å². The van der Waals surface area contributed by atoms with E-state index in [4.69, 9.17) is 9.26 Å². The van der Waals surface area contributed by atoms with E-state index in [-0.39, 0.29) is 29.8 Å². The zero-order valence-corrected chi connectivity index (χ0v) is 21.9. The van der Waals surface area contributed by atoms with Crippen molar-refractivity contribution in [3.05, 3.63) is 47.2 Å². The molecular formula is C27H30N6O5. The summed E-state index contributed by atoms with van der Waals surface area (Å²) in [6.45, 7) is 8.34. The van der Waals surface area contributed by atoms with Gasteiger partial charge in [0.2, 0.25) is 17.6 Å². The minimum absolute atomic E-state index is 0.181. The number of amides is 2. The molecule has 0 atom stereocenters. The molecule has 0 bridgehead atoms. The Hall–Kier alpha value is -4.46. The van der Waals surface area contributed by atoms with E-state index in [1.54, 1.807) is 31.7 Å². The van der Waals surface area contributed by atoms with Crippen LogP contribution in [0.25, 0.3) is 22.8 Å². The van der Waals surface area contributed by atoms with Gasteiger partial charge in [0.05, 0.1) is 12.2 Å². The molecule has 0 fully saturated rings. The van der Waals surface area contributed by atoms with Gasteiger partial charge in [-0.3, -0.25) is 9.69 Å². The number of hydrogen-bond donors (Lipinski definition) is 1. The maximum absolute atomic E-state index is 12.9. The van der Waals surface area contributed by atoms with Crippen molar-refractivity contribution in [1.82, 2.24) is 24.9 Å². The monoisotopic (exact) mass is 518 g/mol. The third-order valence-corrected chi connectivity index (χ3v) is 6.38. The minimum atomic E-state index is -1.11. The van der Waals surface area contributed by atoms with Crippen LogP contribution in [0.2, 0.25) is 0 Å². The molecular weight excluding hydrogens is 488 g/mol. The first kappa shape index (κ1) is 26.6. The lowest BCUT2D eigenvalue weighted by Crippen LogP contribution is -2.51. The van der Waals surface area contributed by atoms with Gasteiger partial charge >= 0.3 is 6.09 Å². The smallest absolute Gasteiger partial charge is 0.408 e. The van der Waals surface area contributed by atoms with Crippen LogP contribution >= 0.6 is 0 Å². The summed E-state index contributed by atoms with van der Waals surface area (Å²) >= 11 is 0. The van der Waals surface area contributed by atoms with Gasteiger partial charge in [0, 0.05) is 30.4 Å². The van der Waals surface area contributed by atoms with Crippen LogP contribution in [0.4, 0.5) is 4.79 Å². The average molecular weight is 519 g/mol. The molecule has 3 aromatic rings. The molecule has 2 aromatic heterocycles. The van der Waals surface area contributed by atoms with E-state index in [0.717, 1.165) is 16.7 Å². The molecule has 3 heterocycles. The van der Waals surface area contributed by atoms with Crippen LogP contribution in [0.1, 0.15) is 44.4 Å². The second kappa shape index (κ2) is 10.9. The van der Waals surface area contributed by atoms with Crippen LogP contribution in [-0.2, 0) is 17.6 Å². The summed E-state index contributed by atoms with van der Waals surface area (Å²) in [5, 5.41) is 23.1. The van der Waals surface area contributed by atoms with E-state index in [1.165, 1.54) is 11.1 Å². The van der Waals surface area contributed by atoms with Crippen molar-refractivity contribution < 1.29 is 24.0 Å². The summed E-state index contributed by atoms with van der Waals surface area (Å²) in [4.78, 5) is 36.2. The summed E-state index contributed by atoms with van der Waals surface area (Å²) in [6.07, 6.45) is 1.70. The zero-order chi connectivity index (χ0) is 27.4. The molecule has 1 N–H and O–H groups in total. The van der Waals surface area contributed by atoms with Gasteiger partial charge in [0.1, 0.15) is 18.2 Å².